The summed E-state index contributed by atoms with van der Waals surface area (Å²) in [5.74, 6) is -23.1. The molecule has 0 saturated carbocycles. The molecule has 116 heavy (non-hydrogen) atoms. The Morgan fingerprint density at radius 3 is 1.24 bits per heavy atom. The predicted octanol–water partition coefficient (Wildman–Crippen LogP) is -7.77. The first-order valence-corrected chi connectivity index (χ1v) is 39.3. The molecule has 0 aromatic heterocycles. The summed E-state index contributed by atoms with van der Waals surface area (Å²) < 4.78 is 0. The van der Waals surface area contributed by atoms with Crippen molar-refractivity contribution in [3.63, 3.8) is 0 Å². The molecule has 0 radical (unpaired) electrons. The Morgan fingerprint density at radius 2 is 0.802 bits per heavy atom. The highest BCUT2D eigenvalue weighted by Gasteiger charge is 2.42. The Hall–Kier alpha value is -9.96. The summed E-state index contributed by atoms with van der Waals surface area (Å²) in [7, 11) is 0. The molecule has 29 N–H and O–H groups in total. The first-order valence-electron chi connectivity index (χ1n) is 38.6. The Kier molecular flexibility index (Phi) is 49.2. The van der Waals surface area contributed by atoms with Crippen molar-refractivity contribution in [1.29, 1.82) is 0 Å². The largest absolute Gasteiger partial charge is 0.481 e. The average molecular weight is 1670 g/mol. The van der Waals surface area contributed by atoms with Gasteiger partial charge in [0.25, 0.3) is 0 Å². The highest BCUT2D eigenvalue weighted by atomic mass is 32.1. The number of unbranched alkanes of at least 4 members (excludes halogenated alkanes) is 3. The van der Waals surface area contributed by atoms with Crippen LogP contribution in [0.15, 0.2) is 0 Å². The first-order chi connectivity index (χ1) is 54.5. The molecular weight excluding hydrogens is 1550 g/mol. The number of likely N-dealkylation sites (tertiary alicyclic amines) is 1. The fourth-order valence-electron chi connectivity index (χ4n) is 11.7. The van der Waals surface area contributed by atoms with Crippen molar-refractivity contribution in [2.45, 2.75) is 268 Å². The molecule has 0 aromatic carbocycles. The van der Waals surface area contributed by atoms with Gasteiger partial charge < -0.3 is 133 Å². The molecule has 1 aliphatic heterocycles. The molecule has 1 aliphatic rings. The summed E-state index contributed by atoms with van der Waals surface area (Å²) in [6.45, 7) is 9.09. The van der Waals surface area contributed by atoms with Crippen LogP contribution >= 0.6 is 12.6 Å². The van der Waals surface area contributed by atoms with Gasteiger partial charge in [0, 0.05) is 38.0 Å². The van der Waals surface area contributed by atoms with Gasteiger partial charge in [0.15, 0.2) is 0 Å². The minimum Gasteiger partial charge on any atom is -0.481 e. The van der Waals surface area contributed by atoms with Gasteiger partial charge in [0.1, 0.15) is 78.5 Å². The van der Waals surface area contributed by atoms with E-state index in [-0.39, 0.29) is 96.3 Å². The molecule has 15 amide bonds. The summed E-state index contributed by atoms with van der Waals surface area (Å²) in [5, 5.41) is 90.7. The van der Waals surface area contributed by atoms with Crippen LogP contribution < -0.4 is 97.8 Å². The molecule has 1 heterocycles. The number of carbonyl (C=O) groups excluding carboxylic acids is 15. The lowest BCUT2D eigenvalue weighted by molar-refractivity contribution is -0.144. The number of primary amides is 1. The third-order valence-electron chi connectivity index (χ3n) is 18.4. The zero-order valence-corrected chi connectivity index (χ0v) is 67.6. The SMILES string of the molecule is CC(C)C[C@H](NC(=O)CNC(=O)[C@H](CCCCN)NC(=O)[C@H](CO)NC(=O)[C@H](CCC(=O)O)NC(=O)[C@@H](N)C(C)C)C(=O)N[C@@H](CCC(=O)O)C(=O)N[C@@H](CCCCN)C(=O)N[C@H](C(=O)N[C@H](C(=O)N[C@@H](CS)C(=O)N[C@@H](CCC(=O)O)C(=O)N1CCC[C@H]1C(=O)N[C@@H](CCC(N)=O)C(=O)N[C@@H](CCCCN)C(=O)O)[C@@H](C)O)C(C)C. The highest BCUT2D eigenvalue weighted by Crippen LogP contribution is 2.22. The summed E-state index contributed by atoms with van der Waals surface area (Å²) in [6.07, 6.45) is -4.77. The van der Waals surface area contributed by atoms with Gasteiger partial charge in [-0.25, -0.2) is 4.79 Å². The topological polar surface area (TPSA) is 735 Å². The second-order valence-corrected chi connectivity index (χ2v) is 29.7. The molecule has 0 aliphatic carbocycles. The Bertz CT molecular complexity index is 3340. The molecular formula is C71H123N19O25S. The number of hydrogen-bond donors (Lipinski definition) is 25. The third kappa shape index (κ3) is 39.1. The zero-order valence-electron chi connectivity index (χ0n) is 66.7. The van der Waals surface area contributed by atoms with E-state index in [0.29, 0.717) is 19.3 Å². The van der Waals surface area contributed by atoms with Gasteiger partial charge in [0.05, 0.1) is 25.3 Å². The van der Waals surface area contributed by atoms with E-state index in [1.54, 1.807) is 27.7 Å². The number of amides is 15. The summed E-state index contributed by atoms with van der Waals surface area (Å²) in [4.78, 5) is 254. The smallest absolute Gasteiger partial charge is 0.326 e. The van der Waals surface area contributed by atoms with Crippen LogP contribution in [0, 0.1) is 17.8 Å². The van der Waals surface area contributed by atoms with Gasteiger partial charge in [0.2, 0.25) is 88.6 Å². The van der Waals surface area contributed by atoms with Crippen molar-refractivity contribution in [3.8, 4) is 0 Å². The van der Waals surface area contributed by atoms with Crippen molar-refractivity contribution in [2.75, 3.05) is 45.1 Å². The number of aliphatic hydroxyl groups is 2. The van der Waals surface area contributed by atoms with Crippen molar-refractivity contribution < 1.29 is 122 Å². The molecule has 44 nitrogen and oxygen atoms in total. The number of rotatable bonds is 59. The number of carboxylic acid groups (broad SMARTS) is 4. The fourth-order valence-corrected chi connectivity index (χ4v) is 12.0. The maximum Gasteiger partial charge on any atom is 0.326 e. The minimum absolute atomic E-state index is 0.0179. The lowest BCUT2D eigenvalue weighted by atomic mass is 10.00. The monoisotopic (exact) mass is 1670 g/mol. The Morgan fingerprint density at radius 1 is 0.422 bits per heavy atom. The van der Waals surface area contributed by atoms with Gasteiger partial charge in [-0.3, -0.25) is 86.3 Å². The van der Waals surface area contributed by atoms with Crippen LogP contribution in [0.25, 0.3) is 0 Å². The minimum atomic E-state index is -1.93. The van der Waals surface area contributed by atoms with E-state index < -0.39 is 279 Å². The normalized spacial score (nSPS) is 16.2. The van der Waals surface area contributed by atoms with Gasteiger partial charge in [-0.1, -0.05) is 41.5 Å². The predicted molar refractivity (Wildman–Crippen MR) is 416 cm³/mol. The van der Waals surface area contributed by atoms with E-state index in [4.69, 9.17) is 28.7 Å². The molecule has 1 rings (SSSR count). The first kappa shape index (κ1) is 104. The lowest BCUT2D eigenvalue weighted by Gasteiger charge is -2.31. The highest BCUT2D eigenvalue weighted by molar-refractivity contribution is 7.80. The van der Waals surface area contributed by atoms with Crippen LogP contribution in [0.3, 0.4) is 0 Å². The molecule has 45 heteroatoms. The van der Waals surface area contributed by atoms with Crippen LogP contribution in [0.2, 0.25) is 0 Å². The Balaban J connectivity index is 3.49. The average Bonchev–Trinajstić information content (AvgIpc) is 1.68. The third-order valence-corrected chi connectivity index (χ3v) is 18.8. The fraction of sp³-hybridized carbons (Fsp3) is 0.732. The summed E-state index contributed by atoms with van der Waals surface area (Å²) in [5.41, 5.74) is 28.2. The van der Waals surface area contributed by atoms with Gasteiger partial charge in [-0.2, -0.15) is 12.6 Å². The zero-order chi connectivity index (χ0) is 88.2. The second kappa shape index (κ2) is 54.8. The molecule has 0 unspecified atom stereocenters. The summed E-state index contributed by atoms with van der Waals surface area (Å²) in [6, 6.07) is -21.9. The van der Waals surface area contributed by atoms with Gasteiger partial charge >= 0.3 is 23.9 Å². The quantitative estimate of drug-likeness (QED) is 0.0199. The van der Waals surface area contributed by atoms with Crippen LogP contribution in [0.1, 0.15) is 177 Å². The maximum absolute atomic E-state index is 14.4. The molecule has 0 bridgehead atoms. The van der Waals surface area contributed by atoms with Crippen molar-refractivity contribution in [2.24, 2.45) is 46.4 Å². The van der Waals surface area contributed by atoms with Crippen LogP contribution in [-0.4, -0.2) is 284 Å². The van der Waals surface area contributed by atoms with Gasteiger partial charge in [-0.15, -0.1) is 0 Å². The number of aliphatic carboxylic acids is 4. The van der Waals surface area contributed by atoms with Crippen LogP contribution in [0.5, 0.6) is 0 Å². The number of carboxylic acids is 4. The second-order valence-electron chi connectivity index (χ2n) is 29.3. The van der Waals surface area contributed by atoms with E-state index in [1.165, 1.54) is 13.8 Å². The van der Waals surface area contributed by atoms with Gasteiger partial charge in [-0.05, 0) is 147 Å². The van der Waals surface area contributed by atoms with E-state index in [1.807, 2.05) is 0 Å². The van der Waals surface area contributed by atoms with E-state index in [9.17, 15) is 122 Å². The molecule has 1 fully saturated rings. The number of aliphatic hydroxyl groups excluding tert-OH is 2. The van der Waals surface area contributed by atoms with Crippen LogP contribution in [0.4, 0.5) is 0 Å². The number of nitrogens with two attached hydrogens (primary N) is 5. The number of carbonyl (C=O) groups is 19. The molecule has 0 aromatic rings. The van der Waals surface area contributed by atoms with E-state index in [0.717, 1.165) is 11.8 Å². The molecule has 0 spiro atoms. The molecule has 1 saturated heterocycles. The van der Waals surface area contributed by atoms with Crippen molar-refractivity contribution in [3.05, 3.63) is 0 Å². The van der Waals surface area contributed by atoms with Crippen molar-refractivity contribution >= 4 is 125 Å². The summed E-state index contributed by atoms with van der Waals surface area (Å²) >= 11 is 4.19. The van der Waals surface area contributed by atoms with E-state index in [2.05, 4.69) is 81.7 Å². The van der Waals surface area contributed by atoms with E-state index >= 15 is 0 Å². The van der Waals surface area contributed by atoms with Crippen molar-refractivity contribution in [1.82, 2.24) is 74.0 Å². The number of nitrogens with zero attached hydrogens (tertiary/aromatic N) is 1. The number of nitrogens with one attached hydrogen (secondary N) is 13. The molecule has 658 valence electrons. The molecule has 15 atom stereocenters. The maximum atomic E-state index is 14.4. The lowest BCUT2D eigenvalue weighted by Crippen LogP contribution is -2.63. The Labute approximate surface area is 677 Å². The van der Waals surface area contributed by atoms with Crippen LogP contribution in [-0.2, 0) is 91.1 Å². The number of thiol groups is 1. The number of hydrogen-bond acceptors (Lipinski definition) is 26. The standard InChI is InChI=1S/C71H123N19O25S/c1-35(2)31-46(78-51(94)32-77-58(101)39(15-8-11-27-72)79-64(107)47(33-91)86-61(104)43(21-25-53(97)98)83-67(110)55(76)36(3)4)63(106)81-42(20-24-52(95)96)59(102)80-40(16-9-12-28-73)62(105)88-56(37(5)6)68(111)89-57(38(7)92)69(112)87-48(34-116)65(108)84-44(22-26-54(99)100)70(113)90-30-14-18-49(90)66(109)82-41(19-23-50(75)93)60(103)85-45(71(114)115)17-10-13-29-74/h35-49,55-57,91-92,116H,8-34,72-74,76H2,1-7H3,(H2,75,93)(H,77,101)(H,78,94)(H,79,107)(H,80,102)(H,81,106)(H,82,109)(H,83,110)(H,84,108)(H,85,103)(H,86,104)(H,87,112)(H,88,105)(H,89,111)(H,95,96)(H,97,98)(H,99,100)(H,114,115)/t38-,39+,40+,41+,42+,43+,44+,45+,46+,47+,48+,49+,55+,56+,57+/m1/s1.